The van der Waals surface area contributed by atoms with Crippen molar-refractivity contribution in [3.05, 3.63) is 64.2 Å². The van der Waals surface area contributed by atoms with E-state index in [9.17, 15) is 19.2 Å². The zero-order chi connectivity index (χ0) is 25.1. The monoisotopic (exact) mass is 474 g/mol. The maximum atomic E-state index is 13.7. The number of amides is 3. The fourth-order valence-corrected chi connectivity index (χ4v) is 5.77. The number of aryl methyl sites for hydroxylation is 2. The van der Waals surface area contributed by atoms with Crippen LogP contribution in [0.5, 0.6) is 5.75 Å². The molecule has 182 valence electrons. The summed E-state index contributed by atoms with van der Waals surface area (Å²) in [5.41, 5.74) is 2.67. The molecule has 1 atom stereocenters. The van der Waals surface area contributed by atoms with E-state index in [-0.39, 0.29) is 24.0 Å². The largest absolute Gasteiger partial charge is 0.486 e. The molecular formula is C28H30N2O5. The third kappa shape index (κ3) is 3.74. The van der Waals surface area contributed by atoms with Crippen LogP contribution in [0.1, 0.15) is 75.3 Å². The van der Waals surface area contributed by atoms with Gasteiger partial charge in [-0.3, -0.25) is 24.1 Å². The molecule has 7 nitrogen and oxygen atoms in total. The molecule has 0 saturated carbocycles. The molecular weight excluding hydrogens is 444 g/mol. The Hall–Kier alpha value is -3.48. The normalized spacial score (nSPS) is 19.6. The van der Waals surface area contributed by atoms with Crippen LogP contribution in [0.2, 0.25) is 0 Å². The number of hydrogen-bond donors (Lipinski definition) is 0. The van der Waals surface area contributed by atoms with Crippen molar-refractivity contribution >= 4 is 23.5 Å². The van der Waals surface area contributed by atoms with Crippen LogP contribution in [-0.4, -0.2) is 58.0 Å². The van der Waals surface area contributed by atoms with Gasteiger partial charge in [-0.25, -0.2) is 0 Å². The van der Waals surface area contributed by atoms with Crippen molar-refractivity contribution in [1.29, 1.82) is 0 Å². The zero-order valence-corrected chi connectivity index (χ0v) is 20.6. The van der Waals surface area contributed by atoms with Crippen molar-refractivity contribution in [1.82, 2.24) is 9.80 Å². The van der Waals surface area contributed by atoms with E-state index < -0.39 is 23.5 Å². The highest BCUT2D eigenvalue weighted by Crippen LogP contribution is 2.41. The van der Waals surface area contributed by atoms with Crippen molar-refractivity contribution in [3.8, 4) is 5.75 Å². The number of benzene rings is 2. The summed E-state index contributed by atoms with van der Waals surface area (Å²) in [5.74, 6) is -0.617. The Bertz CT molecular complexity index is 1220. The number of ketones is 1. The van der Waals surface area contributed by atoms with E-state index in [1.807, 2.05) is 39.8 Å². The first kappa shape index (κ1) is 23.3. The average molecular weight is 475 g/mol. The number of ether oxygens (including phenoxy) is 1. The molecule has 0 bridgehead atoms. The molecule has 3 heterocycles. The summed E-state index contributed by atoms with van der Waals surface area (Å²) in [6.07, 6.45) is 1.33. The number of fused-ring (bicyclic) bond motifs is 2. The number of likely N-dealkylation sites (tertiary alicyclic amines) is 1. The van der Waals surface area contributed by atoms with Crippen molar-refractivity contribution < 1.29 is 23.9 Å². The fourth-order valence-electron chi connectivity index (χ4n) is 5.77. The number of rotatable bonds is 3. The molecule has 0 aliphatic carbocycles. The number of Topliss-reactive ketones (excluding diaryl/α,β-unsaturated/α-hetero) is 1. The molecule has 3 aliphatic heterocycles. The second kappa shape index (κ2) is 8.33. The van der Waals surface area contributed by atoms with Gasteiger partial charge < -0.3 is 9.64 Å². The molecule has 1 unspecified atom stereocenters. The number of nitrogens with zero attached hydrogens (tertiary/aromatic N) is 2. The number of hydrogen-bond acceptors (Lipinski definition) is 5. The average Bonchev–Trinajstić information content (AvgIpc) is 3.04. The SMILES string of the molecule is Cc1cc(C)c2c(c1)OC1(CCN(C(=O)C(C(C)C)N3C(=O)c4ccccc4C3=O)CC1)CC2=O. The van der Waals surface area contributed by atoms with Crippen LogP contribution in [-0.2, 0) is 4.79 Å². The van der Waals surface area contributed by atoms with E-state index >= 15 is 0 Å². The first-order valence-corrected chi connectivity index (χ1v) is 12.2. The quantitative estimate of drug-likeness (QED) is 0.629. The molecule has 0 aromatic heterocycles. The molecule has 7 heteroatoms. The summed E-state index contributed by atoms with van der Waals surface area (Å²) in [6.45, 7) is 8.41. The van der Waals surface area contributed by atoms with Gasteiger partial charge in [0.15, 0.2) is 5.78 Å². The fraction of sp³-hybridized carbons (Fsp3) is 0.429. The standard InChI is InChI=1S/C28H30N2O5/c1-16(2)24(30-25(32)19-7-5-6-8-20(19)26(30)33)27(34)29-11-9-28(10-12-29)15-21(31)23-18(4)13-17(3)14-22(23)35-28/h5-8,13-14,16,24H,9-12,15H2,1-4H3. The van der Waals surface area contributed by atoms with Gasteiger partial charge in [0, 0.05) is 25.9 Å². The van der Waals surface area contributed by atoms with Crippen LogP contribution in [0.15, 0.2) is 36.4 Å². The molecule has 1 fully saturated rings. The van der Waals surface area contributed by atoms with Crippen LogP contribution in [0.25, 0.3) is 0 Å². The molecule has 1 spiro atoms. The predicted octanol–water partition coefficient (Wildman–Crippen LogP) is 3.95. The van der Waals surface area contributed by atoms with Crippen LogP contribution in [0.3, 0.4) is 0 Å². The lowest BCUT2D eigenvalue weighted by Crippen LogP contribution is -2.58. The Morgan fingerprint density at radius 2 is 1.57 bits per heavy atom. The lowest BCUT2D eigenvalue weighted by Gasteiger charge is -2.45. The minimum absolute atomic E-state index is 0.0783. The number of imide groups is 1. The van der Waals surface area contributed by atoms with Crippen molar-refractivity contribution in [2.45, 2.75) is 58.6 Å². The summed E-state index contributed by atoms with van der Waals surface area (Å²) < 4.78 is 6.43. The van der Waals surface area contributed by atoms with Gasteiger partial charge in [0.25, 0.3) is 11.8 Å². The van der Waals surface area contributed by atoms with E-state index in [0.29, 0.717) is 48.4 Å². The third-order valence-corrected chi connectivity index (χ3v) is 7.51. The van der Waals surface area contributed by atoms with Crippen LogP contribution in [0.4, 0.5) is 0 Å². The Morgan fingerprint density at radius 1 is 0.971 bits per heavy atom. The van der Waals surface area contributed by atoms with Crippen LogP contribution >= 0.6 is 0 Å². The highest BCUT2D eigenvalue weighted by Gasteiger charge is 2.48. The van der Waals surface area contributed by atoms with Gasteiger partial charge in [0.05, 0.1) is 23.1 Å². The summed E-state index contributed by atoms with van der Waals surface area (Å²) >= 11 is 0. The number of carbonyl (C=O) groups is 4. The van der Waals surface area contributed by atoms with E-state index in [0.717, 1.165) is 16.0 Å². The van der Waals surface area contributed by atoms with Gasteiger partial charge in [-0.2, -0.15) is 0 Å². The Kier molecular flexibility index (Phi) is 5.54. The smallest absolute Gasteiger partial charge is 0.262 e. The van der Waals surface area contributed by atoms with Gasteiger partial charge in [-0.15, -0.1) is 0 Å². The maximum Gasteiger partial charge on any atom is 0.262 e. The topological polar surface area (TPSA) is 84.0 Å². The molecule has 2 aromatic carbocycles. The summed E-state index contributed by atoms with van der Waals surface area (Å²) in [6, 6.07) is 9.71. The summed E-state index contributed by atoms with van der Waals surface area (Å²) in [7, 11) is 0. The lowest BCUT2D eigenvalue weighted by atomic mass is 9.81. The minimum atomic E-state index is -0.878. The van der Waals surface area contributed by atoms with E-state index in [2.05, 4.69) is 0 Å². The Balaban J connectivity index is 1.34. The Labute approximate surface area is 205 Å². The predicted molar refractivity (Wildman–Crippen MR) is 130 cm³/mol. The second-order valence-electron chi connectivity index (χ2n) is 10.4. The zero-order valence-electron chi connectivity index (χ0n) is 20.6. The van der Waals surface area contributed by atoms with Gasteiger partial charge in [0.1, 0.15) is 17.4 Å². The first-order valence-electron chi connectivity index (χ1n) is 12.2. The Morgan fingerprint density at radius 3 is 2.14 bits per heavy atom. The first-order chi connectivity index (χ1) is 16.6. The maximum absolute atomic E-state index is 13.7. The number of carbonyl (C=O) groups excluding carboxylic acids is 4. The molecule has 0 radical (unpaired) electrons. The third-order valence-electron chi connectivity index (χ3n) is 7.51. The van der Waals surface area contributed by atoms with Crippen molar-refractivity contribution in [2.75, 3.05) is 13.1 Å². The summed E-state index contributed by atoms with van der Waals surface area (Å²) in [5, 5.41) is 0. The number of piperidine rings is 1. The molecule has 0 N–H and O–H groups in total. The highest BCUT2D eigenvalue weighted by molar-refractivity contribution is 6.22. The van der Waals surface area contributed by atoms with Gasteiger partial charge in [-0.1, -0.05) is 32.0 Å². The lowest BCUT2D eigenvalue weighted by molar-refractivity contribution is -0.140. The molecule has 2 aromatic rings. The van der Waals surface area contributed by atoms with Crippen LogP contribution in [0, 0.1) is 19.8 Å². The van der Waals surface area contributed by atoms with Gasteiger partial charge in [-0.05, 0) is 49.1 Å². The minimum Gasteiger partial charge on any atom is -0.486 e. The molecule has 1 saturated heterocycles. The molecule has 5 rings (SSSR count). The van der Waals surface area contributed by atoms with Gasteiger partial charge >= 0.3 is 0 Å². The van der Waals surface area contributed by atoms with E-state index in [4.69, 9.17) is 4.74 Å². The summed E-state index contributed by atoms with van der Waals surface area (Å²) in [4.78, 5) is 55.7. The second-order valence-corrected chi connectivity index (χ2v) is 10.4. The van der Waals surface area contributed by atoms with E-state index in [1.165, 1.54) is 0 Å². The highest BCUT2D eigenvalue weighted by atomic mass is 16.5. The van der Waals surface area contributed by atoms with E-state index in [1.54, 1.807) is 29.2 Å². The van der Waals surface area contributed by atoms with Crippen molar-refractivity contribution in [3.63, 3.8) is 0 Å². The van der Waals surface area contributed by atoms with Gasteiger partial charge in [0.2, 0.25) is 5.91 Å². The molecule has 3 aliphatic rings. The molecule has 35 heavy (non-hydrogen) atoms. The van der Waals surface area contributed by atoms with Crippen LogP contribution < -0.4 is 4.74 Å². The molecule has 3 amide bonds. The van der Waals surface area contributed by atoms with Crippen molar-refractivity contribution in [2.24, 2.45) is 5.92 Å².